The number of ether oxygens (including phenoxy) is 3. The van der Waals surface area contributed by atoms with Crippen molar-refractivity contribution < 1.29 is 52.2 Å². The number of nitrogens with one attached hydrogen (secondary N) is 4. The Kier molecular flexibility index (Phi) is 15.9. The number of carbonyl (C=O) groups excluding carboxylic acids is 7. The lowest BCUT2D eigenvalue weighted by atomic mass is 9.91. The third-order valence-electron chi connectivity index (χ3n) is 10.8. The number of anilines is 2. The van der Waals surface area contributed by atoms with Gasteiger partial charge in [-0.05, 0) is 59.5 Å². The molecule has 1 fully saturated rings. The number of rotatable bonds is 22. The van der Waals surface area contributed by atoms with Crippen LogP contribution in [0.3, 0.4) is 0 Å². The largest absolute Gasteiger partial charge is 0.459 e. The number of hydrogen-bond acceptors (Lipinski definition) is 12. The summed E-state index contributed by atoms with van der Waals surface area (Å²) in [4.78, 5) is 93.5. The minimum Gasteiger partial charge on any atom is -0.459 e. The molecule has 18 heteroatoms. The summed E-state index contributed by atoms with van der Waals surface area (Å²) < 4.78 is 22.2. The molecule has 5 aromatic rings. The van der Waals surface area contributed by atoms with E-state index in [1.165, 1.54) is 18.4 Å². The quantitative estimate of drug-likeness (QED) is 0.0446. The van der Waals surface area contributed by atoms with Gasteiger partial charge in [-0.25, -0.2) is 0 Å². The fraction of sp³-hybridized carbons (Fsp3) is 0.271. The lowest BCUT2D eigenvalue weighted by Crippen LogP contribution is -2.54. The van der Waals surface area contributed by atoms with Crippen LogP contribution >= 0.6 is 0 Å². The summed E-state index contributed by atoms with van der Waals surface area (Å²) in [6, 6.07) is 31.0. The van der Waals surface area contributed by atoms with Crippen molar-refractivity contribution in [1.29, 1.82) is 0 Å². The van der Waals surface area contributed by atoms with Crippen LogP contribution in [0.25, 0.3) is 11.1 Å². The highest BCUT2D eigenvalue weighted by Gasteiger charge is 2.45. The molecule has 4 N–H and O–H groups in total. The van der Waals surface area contributed by atoms with Crippen molar-refractivity contribution in [2.24, 2.45) is 0 Å². The molecule has 3 unspecified atom stereocenters. The summed E-state index contributed by atoms with van der Waals surface area (Å²) in [6.45, 7) is 1.90. The summed E-state index contributed by atoms with van der Waals surface area (Å²) in [5.41, 5.74) is 3.48. The molecule has 0 saturated carbocycles. The van der Waals surface area contributed by atoms with Crippen molar-refractivity contribution >= 4 is 60.6 Å². The molecular weight excluding hydrogens is 847 g/mol. The van der Waals surface area contributed by atoms with E-state index in [1.807, 2.05) is 42.5 Å². The minimum atomic E-state index is -1.55. The third kappa shape index (κ3) is 11.3. The van der Waals surface area contributed by atoms with Gasteiger partial charge in [0.15, 0.2) is 5.76 Å². The monoisotopic (exact) mass is 894 g/mol. The van der Waals surface area contributed by atoms with Gasteiger partial charge in [0.25, 0.3) is 17.7 Å². The van der Waals surface area contributed by atoms with Crippen LogP contribution in [0.4, 0.5) is 11.4 Å². The molecule has 2 radical (unpaired) electrons. The van der Waals surface area contributed by atoms with Gasteiger partial charge in [0, 0.05) is 30.9 Å². The molecule has 2 aliphatic rings. The van der Waals surface area contributed by atoms with Crippen molar-refractivity contribution in [1.82, 2.24) is 20.9 Å². The summed E-state index contributed by atoms with van der Waals surface area (Å²) in [7, 11) is 6.51. The van der Waals surface area contributed by atoms with Crippen LogP contribution in [-0.4, -0.2) is 119 Å². The normalized spacial score (nSPS) is 15.4. The summed E-state index contributed by atoms with van der Waals surface area (Å²) in [6.07, 6.45) is 1.45. The Labute approximate surface area is 381 Å². The Morgan fingerprint density at radius 2 is 1.38 bits per heavy atom. The van der Waals surface area contributed by atoms with Crippen molar-refractivity contribution in [3.05, 3.63) is 144 Å². The number of furan rings is 1. The molecular formula is C48H47BN6O11. The Bertz CT molecular complexity index is 2510. The number of piperidine rings is 1. The second kappa shape index (κ2) is 22.5. The maximum absolute atomic E-state index is 13.8. The first-order valence-electron chi connectivity index (χ1n) is 21.3. The Hall–Kier alpha value is -7.41. The second-order valence-electron chi connectivity index (χ2n) is 15.1. The molecule has 7 rings (SSSR count). The number of fused-ring (bicyclic) bond motifs is 1. The Morgan fingerprint density at radius 1 is 0.727 bits per heavy atom. The molecule has 4 aromatic carbocycles. The number of amides is 7. The smallest absolute Gasteiger partial charge is 0.293 e. The van der Waals surface area contributed by atoms with Crippen molar-refractivity contribution in [3.63, 3.8) is 0 Å². The predicted octanol–water partition coefficient (Wildman–Crippen LogP) is 3.62. The molecule has 7 amide bonds. The highest BCUT2D eigenvalue weighted by atomic mass is 16.5. The first-order valence-corrected chi connectivity index (χ1v) is 21.3. The van der Waals surface area contributed by atoms with Crippen LogP contribution < -0.4 is 26.2 Å². The molecule has 3 atom stereocenters. The number of carbonyl (C=O) groups is 7. The van der Waals surface area contributed by atoms with Crippen LogP contribution in [0.1, 0.15) is 55.7 Å². The first kappa shape index (κ1) is 46.6. The number of benzene rings is 4. The van der Waals surface area contributed by atoms with E-state index in [0.29, 0.717) is 23.5 Å². The molecule has 1 aromatic heterocycles. The molecule has 66 heavy (non-hydrogen) atoms. The molecule has 1 saturated heterocycles. The zero-order valence-electron chi connectivity index (χ0n) is 35.8. The van der Waals surface area contributed by atoms with Crippen LogP contribution in [0.2, 0.25) is 0 Å². The fourth-order valence-electron chi connectivity index (χ4n) is 7.47. The van der Waals surface area contributed by atoms with Gasteiger partial charge in [-0.1, -0.05) is 78.9 Å². The average molecular weight is 895 g/mol. The maximum Gasteiger partial charge on any atom is 0.293 e. The lowest BCUT2D eigenvalue weighted by Gasteiger charge is -2.30. The van der Waals surface area contributed by atoms with E-state index in [1.54, 1.807) is 60.7 Å². The van der Waals surface area contributed by atoms with Gasteiger partial charge >= 0.3 is 0 Å². The highest BCUT2D eigenvalue weighted by Crippen LogP contribution is 2.32. The van der Waals surface area contributed by atoms with Crippen molar-refractivity contribution in [3.8, 4) is 11.1 Å². The molecule has 17 nitrogen and oxygen atoms in total. The van der Waals surface area contributed by atoms with Gasteiger partial charge in [-0.3, -0.25) is 43.8 Å². The Balaban J connectivity index is 0.819. The third-order valence-corrected chi connectivity index (χ3v) is 10.8. The van der Waals surface area contributed by atoms with Gasteiger partial charge in [0.2, 0.25) is 23.6 Å². The number of imide groups is 2. The zero-order valence-corrected chi connectivity index (χ0v) is 35.8. The molecule has 0 spiro atoms. The predicted molar refractivity (Wildman–Crippen MR) is 241 cm³/mol. The van der Waals surface area contributed by atoms with E-state index in [4.69, 9.17) is 26.5 Å². The molecule has 3 heterocycles. The van der Waals surface area contributed by atoms with E-state index in [9.17, 15) is 33.6 Å². The molecule has 338 valence electrons. The number of nitrogens with zero attached hydrogens (tertiary/aromatic N) is 2. The SMILES string of the molecule is [B]C(C(=O)NC(C(=O)NCCOCCOCCOCCNc1cccc2c1C(=O)N(C1CCC(=O)NC1=O)C2=O)c1ccccc1)N(C(=O)c1ccco1)c1ccc(-c2ccccc2)cc1. The molecule has 2 aliphatic heterocycles. The Morgan fingerprint density at radius 3 is 2.05 bits per heavy atom. The molecule has 0 bridgehead atoms. The molecule has 0 aliphatic carbocycles. The summed E-state index contributed by atoms with van der Waals surface area (Å²) in [5, 5.41) is 10.8. The fourth-order valence-corrected chi connectivity index (χ4v) is 7.47. The van der Waals surface area contributed by atoms with E-state index in [0.717, 1.165) is 20.9 Å². The van der Waals surface area contributed by atoms with Gasteiger partial charge in [-0.2, -0.15) is 0 Å². The van der Waals surface area contributed by atoms with Crippen LogP contribution in [0.15, 0.2) is 126 Å². The first-order chi connectivity index (χ1) is 32.1. The van der Waals surface area contributed by atoms with E-state index >= 15 is 0 Å². The van der Waals surface area contributed by atoms with Crippen LogP contribution in [0, 0.1) is 0 Å². The lowest BCUT2D eigenvalue weighted by molar-refractivity contribution is -0.136. The van der Waals surface area contributed by atoms with E-state index in [2.05, 4.69) is 21.3 Å². The standard InChI is InChI=1S/C48H47BN6O11/c49-42(54(47(61)38-15-8-24-66-38)34-18-16-32(17-19-34)31-9-3-1-4-10-31)45(59)53-41(33-11-5-2-6-12-33)44(58)51-23-26-64-28-30-65-29-27-63-25-22-50-36-14-7-13-35-40(36)48(62)55(46(35)60)37-20-21-39(56)52-43(37)57/h1-19,24,37,41-42,50H,20-23,25-30H2,(H,51,58)(H,53,59)(H,52,56,57). The topological polar surface area (TPSA) is 215 Å². The van der Waals surface area contributed by atoms with E-state index in [-0.39, 0.29) is 75.9 Å². The second-order valence-corrected chi connectivity index (χ2v) is 15.1. The van der Waals surface area contributed by atoms with Gasteiger partial charge in [0.05, 0.1) is 63.0 Å². The van der Waals surface area contributed by atoms with Crippen LogP contribution in [-0.2, 0) is 33.4 Å². The maximum atomic E-state index is 13.8. The minimum absolute atomic E-state index is 0.0253. The van der Waals surface area contributed by atoms with Gasteiger partial charge in [0.1, 0.15) is 19.9 Å². The zero-order chi connectivity index (χ0) is 46.4. The van der Waals surface area contributed by atoms with Crippen molar-refractivity contribution in [2.45, 2.75) is 30.9 Å². The average Bonchev–Trinajstić information content (AvgIpc) is 3.97. The van der Waals surface area contributed by atoms with Crippen LogP contribution in [0.5, 0.6) is 0 Å². The summed E-state index contributed by atoms with van der Waals surface area (Å²) >= 11 is 0. The van der Waals surface area contributed by atoms with Gasteiger partial charge < -0.3 is 39.5 Å². The summed E-state index contributed by atoms with van der Waals surface area (Å²) in [5.74, 6) is -5.81. The van der Waals surface area contributed by atoms with Gasteiger partial charge in [-0.15, -0.1) is 0 Å². The van der Waals surface area contributed by atoms with Crippen molar-refractivity contribution in [2.75, 3.05) is 62.9 Å². The van der Waals surface area contributed by atoms with E-state index < -0.39 is 59.4 Å². The highest BCUT2D eigenvalue weighted by molar-refractivity contribution is 6.30. The number of hydrogen-bond donors (Lipinski definition) is 4.